The number of ether oxygens (including phenoxy) is 6. The van der Waals surface area contributed by atoms with Crippen LogP contribution in [0.15, 0.2) is 36.4 Å². The van der Waals surface area contributed by atoms with Gasteiger partial charge in [0.15, 0.2) is 0 Å². The molecule has 0 radical (unpaired) electrons. The molecule has 0 bridgehead atoms. The van der Waals surface area contributed by atoms with Crippen molar-refractivity contribution in [2.24, 2.45) is 0 Å². The summed E-state index contributed by atoms with van der Waals surface area (Å²) in [6.07, 6.45) is 1.84. The van der Waals surface area contributed by atoms with Crippen LogP contribution in [0.25, 0.3) is 0 Å². The van der Waals surface area contributed by atoms with Gasteiger partial charge in [0.25, 0.3) is 0 Å². The largest absolute Gasteiger partial charge is 0.496 e. The zero-order valence-electron chi connectivity index (χ0n) is 29.0. The first-order valence-electron chi connectivity index (χ1n) is 15.3. The molecular formula is C39H48O6. The van der Waals surface area contributed by atoms with E-state index in [9.17, 15) is 0 Å². The number of hydrogen-bond acceptors (Lipinski definition) is 6. The molecule has 0 heterocycles. The van der Waals surface area contributed by atoms with Crippen molar-refractivity contribution in [3.63, 3.8) is 0 Å². The Morgan fingerprint density at radius 1 is 0.311 bits per heavy atom. The van der Waals surface area contributed by atoms with Crippen molar-refractivity contribution in [3.05, 3.63) is 103 Å². The fraction of sp³-hybridized carbons (Fsp3) is 0.385. The number of benzene rings is 4. The zero-order chi connectivity index (χ0) is 33.0. The monoisotopic (exact) mass is 612 g/mol. The highest BCUT2D eigenvalue weighted by molar-refractivity contribution is 5.66. The zero-order valence-corrected chi connectivity index (χ0v) is 29.0. The van der Waals surface area contributed by atoms with Gasteiger partial charge < -0.3 is 28.4 Å². The van der Waals surface area contributed by atoms with E-state index in [-0.39, 0.29) is 0 Å². The molecule has 0 fully saturated rings. The number of methoxy groups -OCH3 is 6. The first-order valence-corrected chi connectivity index (χ1v) is 15.3. The van der Waals surface area contributed by atoms with Gasteiger partial charge in [0.2, 0.25) is 0 Å². The summed E-state index contributed by atoms with van der Waals surface area (Å²) >= 11 is 0. The second-order valence-electron chi connectivity index (χ2n) is 11.9. The van der Waals surface area contributed by atoms with Crippen LogP contribution in [-0.2, 0) is 19.3 Å². The van der Waals surface area contributed by atoms with Gasteiger partial charge in [0.05, 0.1) is 42.7 Å². The molecular weight excluding hydrogens is 564 g/mol. The lowest BCUT2D eigenvalue weighted by molar-refractivity contribution is 0.359. The van der Waals surface area contributed by atoms with Crippen LogP contribution in [0.3, 0.4) is 0 Å². The fourth-order valence-corrected chi connectivity index (χ4v) is 7.08. The van der Waals surface area contributed by atoms with Crippen LogP contribution < -0.4 is 28.4 Å². The van der Waals surface area contributed by atoms with Crippen molar-refractivity contribution >= 4 is 0 Å². The molecule has 4 aromatic rings. The van der Waals surface area contributed by atoms with Crippen molar-refractivity contribution in [1.82, 2.24) is 0 Å². The molecule has 0 saturated carbocycles. The highest BCUT2D eigenvalue weighted by Gasteiger charge is 2.28. The maximum atomic E-state index is 6.26. The summed E-state index contributed by atoms with van der Waals surface area (Å²) in [6.45, 7) is 12.5. The quantitative estimate of drug-likeness (QED) is 0.160. The Balaban J connectivity index is 2.01. The van der Waals surface area contributed by atoms with Crippen LogP contribution in [0, 0.1) is 41.5 Å². The van der Waals surface area contributed by atoms with Gasteiger partial charge in [-0.25, -0.2) is 0 Å². The van der Waals surface area contributed by atoms with Crippen molar-refractivity contribution in [1.29, 1.82) is 0 Å². The predicted octanol–water partition coefficient (Wildman–Crippen LogP) is 8.36. The molecule has 4 aromatic carbocycles. The average Bonchev–Trinajstić information content (AvgIpc) is 2.97. The predicted molar refractivity (Wildman–Crippen MR) is 182 cm³/mol. The highest BCUT2D eigenvalue weighted by Crippen LogP contribution is 2.47. The van der Waals surface area contributed by atoms with E-state index < -0.39 is 0 Å². The Hall–Kier alpha value is -4.32. The van der Waals surface area contributed by atoms with E-state index in [0.717, 1.165) is 101 Å². The van der Waals surface area contributed by atoms with Crippen LogP contribution in [0.2, 0.25) is 0 Å². The van der Waals surface area contributed by atoms with Crippen LogP contribution in [0.4, 0.5) is 0 Å². The van der Waals surface area contributed by atoms with Crippen molar-refractivity contribution < 1.29 is 28.4 Å². The van der Waals surface area contributed by atoms with Gasteiger partial charge in [-0.3, -0.25) is 0 Å². The first kappa shape index (κ1) is 33.6. The maximum Gasteiger partial charge on any atom is 0.133 e. The number of hydrogen-bond donors (Lipinski definition) is 0. The minimum atomic E-state index is 0.614. The average molecular weight is 613 g/mol. The van der Waals surface area contributed by atoms with E-state index in [2.05, 4.69) is 77.9 Å². The molecule has 0 unspecified atom stereocenters. The van der Waals surface area contributed by atoms with Crippen LogP contribution >= 0.6 is 0 Å². The first-order chi connectivity index (χ1) is 21.5. The van der Waals surface area contributed by atoms with Crippen LogP contribution in [0.1, 0.15) is 66.8 Å². The molecule has 6 nitrogen and oxygen atoms in total. The second-order valence-corrected chi connectivity index (χ2v) is 11.9. The second kappa shape index (κ2) is 14.2. The highest BCUT2D eigenvalue weighted by atomic mass is 16.5. The van der Waals surface area contributed by atoms with Gasteiger partial charge in [-0.2, -0.15) is 0 Å². The molecule has 6 heteroatoms. The van der Waals surface area contributed by atoms with E-state index in [1.807, 2.05) is 0 Å². The van der Waals surface area contributed by atoms with Gasteiger partial charge >= 0.3 is 0 Å². The normalized spacial score (nSPS) is 10.9. The lowest BCUT2D eigenvalue weighted by Crippen LogP contribution is -2.10. The Bertz CT molecular complexity index is 1410. The Labute approximate surface area is 269 Å². The lowest BCUT2D eigenvalue weighted by atomic mass is 9.88. The summed E-state index contributed by atoms with van der Waals surface area (Å²) < 4.78 is 35.8. The molecule has 45 heavy (non-hydrogen) atoms. The smallest absolute Gasteiger partial charge is 0.133 e. The summed E-state index contributed by atoms with van der Waals surface area (Å²) in [7, 11) is 10.3. The molecule has 0 spiro atoms. The topological polar surface area (TPSA) is 55.4 Å². The molecule has 4 rings (SSSR count). The van der Waals surface area contributed by atoms with E-state index in [1.54, 1.807) is 42.7 Å². The van der Waals surface area contributed by atoms with Gasteiger partial charge in [0.1, 0.15) is 34.5 Å². The van der Waals surface area contributed by atoms with E-state index in [4.69, 9.17) is 28.4 Å². The molecule has 0 amide bonds. The summed E-state index contributed by atoms with van der Waals surface area (Å²) in [6, 6.07) is 13.1. The number of aryl methyl sites for hydroxylation is 6. The molecule has 0 aliphatic heterocycles. The van der Waals surface area contributed by atoms with Crippen molar-refractivity contribution in [2.45, 2.75) is 60.8 Å². The molecule has 0 aliphatic rings. The lowest BCUT2D eigenvalue weighted by Gasteiger charge is -2.25. The van der Waals surface area contributed by atoms with Gasteiger partial charge in [-0.15, -0.1) is 0 Å². The minimum absolute atomic E-state index is 0.614. The summed E-state index contributed by atoms with van der Waals surface area (Å²) in [5.74, 6) is 5.03. The Morgan fingerprint density at radius 2 is 0.489 bits per heavy atom. The van der Waals surface area contributed by atoms with Crippen molar-refractivity contribution in [3.8, 4) is 34.5 Å². The molecule has 0 saturated heterocycles. The van der Waals surface area contributed by atoms with Crippen LogP contribution in [0.5, 0.6) is 34.5 Å². The summed E-state index contributed by atoms with van der Waals surface area (Å²) in [5.41, 5.74) is 12.9. The van der Waals surface area contributed by atoms with Crippen molar-refractivity contribution in [2.75, 3.05) is 42.7 Å². The molecule has 0 atom stereocenters. The molecule has 0 aliphatic carbocycles. The summed E-state index contributed by atoms with van der Waals surface area (Å²) in [4.78, 5) is 0. The Kier molecular flexibility index (Phi) is 10.6. The summed E-state index contributed by atoms with van der Waals surface area (Å²) in [5, 5.41) is 0. The van der Waals surface area contributed by atoms with Gasteiger partial charge in [-0.05, 0) is 91.6 Å². The minimum Gasteiger partial charge on any atom is -0.496 e. The molecule has 0 aromatic heterocycles. The fourth-order valence-electron chi connectivity index (χ4n) is 7.08. The maximum absolute atomic E-state index is 6.26. The van der Waals surface area contributed by atoms with Gasteiger partial charge in [0, 0.05) is 36.0 Å². The molecule has 240 valence electrons. The standard InChI is InChI=1S/C39H48O6/c1-22-13-28(14-23(2)34(22)40-7)19-31-37(43-10)32(20-29-15-24(3)35(41-8)25(4)16-29)39(45-12)33(38(31)44-11)21-30-17-26(5)36(42-9)27(6)18-30/h13-18H,19-21H2,1-12H3. The third-order valence-corrected chi connectivity index (χ3v) is 8.57. The third-order valence-electron chi connectivity index (χ3n) is 8.57. The Morgan fingerprint density at radius 3 is 0.644 bits per heavy atom. The van der Waals surface area contributed by atoms with E-state index >= 15 is 0 Å². The van der Waals surface area contributed by atoms with Crippen LogP contribution in [-0.4, -0.2) is 42.7 Å². The molecule has 0 N–H and O–H groups in total. The van der Waals surface area contributed by atoms with Gasteiger partial charge in [-0.1, -0.05) is 36.4 Å². The number of rotatable bonds is 12. The van der Waals surface area contributed by atoms with E-state index in [0.29, 0.717) is 19.3 Å². The third kappa shape index (κ3) is 6.70. The van der Waals surface area contributed by atoms with E-state index in [1.165, 1.54) is 0 Å². The SMILES string of the molecule is COc1c(C)cc(Cc2c(OC)c(Cc3cc(C)c(OC)c(C)c3)c(OC)c(Cc3cc(C)c(OC)c(C)c3)c2OC)cc1C.